The van der Waals surface area contributed by atoms with Crippen molar-refractivity contribution in [1.29, 1.82) is 0 Å². The molecule has 0 heterocycles. The molecular formula is C19H13ClN2O5S. The van der Waals surface area contributed by atoms with Crippen molar-refractivity contribution in [1.82, 2.24) is 0 Å². The molecule has 0 fully saturated rings. The van der Waals surface area contributed by atoms with Crippen molar-refractivity contribution >= 4 is 38.7 Å². The average molecular weight is 417 g/mol. The highest BCUT2D eigenvalue weighted by atomic mass is 35.5. The number of carbonyl (C=O) groups excluding carboxylic acids is 1. The third-order valence-corrected chi connectivity index (χ3v) is 5.95. The standard InChI is InChI=1S/C19H13ClN2O5S/c20-13-6-5-7-14(12-13)21-19(23)15-8-1-3-10-17(15)28(26,27)18-11-4-2-9-16(18)22(24)25/h1-12H,(H,21,23). The zero-order valence-corrected chi connectivity index (χ0v) is 15.8. The molecule has 3 aromatic carbocycles. The topological polar surface area (TPSA) is 106 Å². The van der Waals surface area contributed by atoms with Gasteiger partial charge in [-0.2, -0.15) is 0 Å². The smallest absolute Gasteiger partial charge is 0.288 e. The minimum absolute atomic E-state index is 0.138. The van der Waals surface area contributed by atoms with Crippen LogP contribution in [0, 0.1) is 10.1 Å². The van der Waals surface area contributed by atoms with Crippen LogP contribution >= 0.6 is 11.6 Å². The highest BCUT2D eigenvalue weighted by molar-refractivity contribution is 7.91. The fourth-order valence-corrected chi connectivity index (χ4v) is 4.42. The fraction of sp³-hybridized carbons (Fsp3) is 0. The molecule has 0 aliphatic carbocycles. The van der Waals surface area contributed by atoms with E-state index in [1.165, 1.54) is 42.5 Å². The van der Waals surface area contributed by atoms with Crippen molar-refractivity contribution in [3.8, 4) is 0 Å². The molecule has 7 nitrogen and oxygen atoms in total. The normalized spacial score (nSPS) is 11.0. The summed E-state index contributed by atoms with van der Waals surface area (Å²) in [5.74, 6) is -0.681. The van der Waals surface area contributed by atoms with Crippen LogP contribution < -0.4 is 5.32 Å². The average Bonchev–Trinajstić information content (AvgIpc) is 2.68. The fourth-order valence-electron chi connectivity index (χ4n) is 2.61. The first-order valence-electron chi connectivity index (χ1n) is 7.95. The number of anilines is 1. The first kappa shape index (κ1) is 19.5. The Bertz CT molecular complexity index is 1180. The summed E-state index contributed by atoms with van der Waals surface area (Å²) in [5, 5.41) is 14.2. The Kier molecular flexibility index (Phi) is 5.43. The summed E-state index contributed by atoms with van der Waals surface area (Å²) < 4.78 is 26.2. The van der Waals surface area contributed by atoms with Crippen LogP contribution in [-0.2, 0) is 9.84 Å². The van der Waals surface area contributed by atoms with Crippen molar-refractivity contribution in [2.75, 3.05) is 5.32 Å². The van der Waals surface area contributed by atoms with Gasteiger partial charge in [-0.05, 0) is 36.4 Å². The van der Waals surface area contributed by atoms with Gasteiger partial charge >= 0.3 is 0 Å². The second-order valence-electron chi connectivity index (χ2n) is 5.69. The Morgan fingerprint density at radius 1 is 0.929 bits per heavy atom. The second kappa shape index (κ2) is 7.79. The zero-order chi connectivity index (χ0) is 20.3. The number of rotatable bonds is 5. The number of halogens is 1. The number of nitrogens with zero attached hydrogens (tertiary/aromatic N) is 1. The minimum Gasteiger partial charge on any atom is -0.322 e. The van der Waals surface area contributed by atoms with Gasteiger partial charge in [0.2, 0.25) is 9.84 Å². The Hall–Kier alpha value is -3.23. The molecule has 0 saturated heterocycles. The van der Waals surface area contributed by atoms with Crippen molar-refractivity contribution in [3.63, 3.8) is 0 Å². The van der Waals surface area contributed by atoms with Gasteiger partial charge in [0.25, 0.3) is 11.6 Å². The van der Waals surface area contributed by atoms with Crippen LogP contribution in [0.1, 0.15) is 10.4 Å². The van der Waals surface area contributed by atoms with Gasteiger partial charge in [0.15, 0.2) is 0 Å². The lowest BCUT2D eigenvalue weighted by Crippen LogP contribution is -2.17. The molecular weight excluding hydrogens is 404 g/mol. The van der Waals surface area contributed by atoms with E-state index in [1.807, 2.05) is 0 Å². The molecule has 0 atom stereocenters. The van der Waals surface area contributed by atoms with Crippen LogP contribution in [0.5, 0.6) is 0 Å². The van der Waals surface area contributed by atoms with E-state index < -0.39 is 31.3 Å². The zero-order valence-electron chi connectivity index (χ0n) is 14.2. The molecule has 3 rings (SSSR count). The molecule has 0 aromatic heterocycles. The van der Waals surface area contributed by atoms with Gasteiger partial charge in [-0.25, -0.2) is 8.42 Å². The summed E-state index contributed by atoms with van der Waals surface area (Å²) in [7, 11) is -4.32. The maximum absolute atomic E-state index is 13.1. The van der Waals surface area contributed by atoms with Crippen LogP contribution in [0.3, 0.4) is 0 Å². The molecule has 0 aliphatic rings. The predicted octanol–water partition coefficient (Wildman–Crippen LogP) is 4.33. The van der Waals surface area contributed by atoms with E-state index in [-0.39, 0.29) is 10.5 Å². The first-order chi connectivity index (χ1) is 13.3. The van der Waals surface area contributed by atoms with Crippen LogP contribution in [0.4, 0.5) is 11.4 Å². The third-order valence-electron chi connectivity index (χ3n) is 3.86. The van der Waals surface area contributed by atoms with Gasteiger partial charge in [-0.1, -0.05) is 41.9 Å². The van der Waals surface area contributed by atoms with E-state index in [1.54, 1.807) is 18.2 Å². The summed E-state index contributed by atoms with van der Waals surface area (Å²) in [6.07, 6.45) is 0. The quantitative estimate of drug-likeness (QED) is 0.492. The number of nitrogens with one attached hydrogen (secondary N) is 1. The lowest BCUT2D eigenvalue weighted by atomic mass is 10.2. The summed E-state index contributed by atoms with van der Waals surface area (Å²) >= 11 is 5.89. The van der Waals surface area contributed by atoms with Crippen molar-refractivity contribution < 1.29 is 18.1 Å². The first-order valence-corrected chi connectivity index (χ1v) is 9.81. The largest absolute Gasteiger partial charge is 0.322 e. The number of sulfone groups is 1. The number of hydrogen-bond donors (Lipinski definition) is 1. The highest BCUT2D eigenvalue weighted by Crippen LogP contribution is 2.31. The second-order valence-corrected chi connectivity index (χ2v) is 8.01. The van der Waals surface area contributed by atoms with Gasteiger partial charge in [-0.3, -0.25) is 14.9 Å². The molecule has 0 saturated carbocycles. The number of amides is 1. The molecule has 0 bridgehead atoms. The number of nitro groups is 1. The van der Waals surface area contributed by atoms with Gasteiger partial charge in [0, 0.05) is 16.8 Å². The summed E-state index contributed by atoms with van der Waals surface area (Å²) in [4.78, 5) is 22.3. The Balaban J connectivity index is 2.07. The third kappa shape index (κ3) is 3.88. The maximum atomic E-state index is 13.1. The van der Waals surface area contributed by atoms with Crippen molar-refractivity contribution in [2.45, 2.75) is 9.79 Å². The molecule has 0 unspecified atom stereocenters. The Morgan fingerprint density at radius 2 is 1.57 bits per heavy atom. The number of para-hydroxylation sites is 1. The molecule has 9 heteroatoms. The number of benzene rings is 3. The molecule has 142 valence electrons. The molecule has 28 heavy (non-hydrogen) atoms. The Morgan fingerprint density at radius 3 is 2.25 bits per heavy atom. The highest BCUT2D eigenvalue weighted by Gasteiger charge is 2.30. The molecule has 0 aliphatic heterocycles. The van der Waals surface area contributed by atoms with Crippen molar-refractivity contribution in [3.05, 3.63) is 93.5 Å². The minimum atomic E-state index is -4.32. The van der Waals surface area contributed by atoms with E-state index in [0.717, 1.165) is 12.1 Å². The van der Waals surface area contributed by atoms with Crippen molar-refractivity contribution in [2.24, 2.45) is 0 Å². The number of nitro benzene ring substituents is 1. The van der Waals surface area contributed by atoms with Crippen LogP contribution in [-0.4, -0.2) is 19.2 Å². The van der Waals surface area contributed by atoms with Crippen LogP contribution in [0.2, 0.25) is 5.02 Å². The Labute approximate surface area is 165 Å². The van der Waals surface area contributed by atoms with Crippen LogP contribution in [0.15, 0.2) is 82.6 Å². The molecule has 0 radical (unpaired) electrons. The van der Waals surface area contributed by atoms with Gasteiger partial charge in [0.05, 0.1) is 15.4 Å². The lowest BCUT2D eigenvalue weighted by molar-refractivity contribution is -0.387. The maximum Gasteiger partial charge on any atom is 0.288 e. The van der Waals surface area contributed by atoms with Gasteiger partial charge in [0.1, 0.15) is 4.90 Å². The van der Waals surface area contributed by atoms with Crippen LogP contribution in [0.25, 0.3) is 0 Å². The molecule has 0 spiro atoms. The van der Waals surface area contributed by atoms with Gasteiger partial charge in [-0.15, -0.1) is 0 Å². The SMILES string of the molecule is O=C(Nc1cccc(Cl)c1)c1ccccc1S(=O)(=O)c1ccccc1[N+](=O)[O-]. The summed E-state index contributed by atoms with van der Waals surface area (Å²) in [6.45, 7) is 0. The van der Waals surface area contributed by atoms with E-state index in [4.69, 9.17) is 11.6 Å². The van der Waals surface area contributed by atoms with Gasteiger partial charge < -0.3 is 5.32 Å². The number of carbonyl (C=O) groups is 1. The summed E-state index contributed by atoms with van der Waals surface area (Å²) in [5.41, 5.74) is -0.316. The van der Waals surface area contributed by atoms with E-state index in [2.05, 4.69) is 5.32 Å². The lowest BCUT2D eigenvalue weighted by Gasteiger charge is -2.11. The van der Waals surface area contributed by atoms with E-state index in [9.17, 15) is 23.3 Å². The molecule has 1 amide bonds. The van der Waals surface area contributed by atoms with E-state index in [0.29, 0.717) is 10.7 Å². The molecule has 3 aromatic rings. The molecule has 1 N–H and O–H groups in total. The number of hydrogen-bond acceptors (Lipinski definition) is 5. The summed E-state index contributed by atoms with van der Waals surface area (Å²) in [6, 6.07) is 16.9. The van der Waals surface area contributed by atoms with E-state index >= 15 is 0 Å². The monoisotopic (exact) mass is 416 g/mol. The predicted molar refractivity (Wildman–Crippen MR) is 104 cm³/mol.